The second kappa shape index (κ2) is 11.7. The number of nitrogens with zero attached hydrogens (tertiary/aromatic N) is 2. The van der Waals surface area contributed by atoms with Crippen LogP contribution in [-0.4, -0.2) is 67.5 Å². The highest BCUT2D eigenvalue weighted by Crippen LogP contribution is 2.24. The number of hydrogen-bond donors (Lipinski definition) is 3. The maximum Gasteiger partial charge on any atom is 0.341 e. The van der Waals surface area contributed by atoms with Gasteiger partial charge in [-0.3, -0.25) is 14.9 Å². The number of nitrogens with one attached hydrogen (secondary N) is 2. The van der Waals surface area contributed by atoms with Crippen molar-refractivity contribution in [2.24, 2.45) is 0 Å². The van der Waals surface area contributed by atoms with Crippen LogP contribution in [0.3, 0.4) is 0 Å². The van der Waals surface area contributed by atoms with Gasteiger partial charge in [0.25, 0.3) is 11.6 Å². The third-order valence-electron chi connectivity index (χ3n) is 5.27. The summed E-state index contributed by atoms with van der Waals surface area (Å²) in [7, 11) is -3.69. The number of ether oxygens (including phenoxy) is 1. The molecule has 1 aliphatic heterocycles. The lowest BCUT2D eigenvalue weighted by atomic mass is 10.1. The van der Waals surface area contributed by atoms with Gasteiger partial charge in [0.2, 0.25) is 10.0 Å². The standard InChI is InChI=1S/C22H26N4O8S/c27-12-9-23-20-8-7-17(26(30)31)14-19(20)22(29)34-15-21(28)24-16-5-4-6-18(13-16)35(32,33)25-10-2-1-3-11-25/h4-8,13-14,23,27H,1-3,9-12,15H2,(H,24,28). The fraction of sp³-hybridized carbons (Fsp3) is 0.364. The lowest BCUT2D eigenvalue weighted by molar-refractivity contribution is -0.384. The molecule has 0 unspecified atom stereocenters. The molecule has 0 aromatic heterocycles. The Balaban J connectivity index is 1.66. The van der Waals surface area contributed by atoms with Crippen LogP contribution < -0.4 is 10.6 Å². The number of hydrogen-bond acceptors (Lipinski definition) is 9. The Labute approximate surface area is 202 Å². The molecule has 1 aliphatic rings. The molecule has 1 amide bonds. The maximum absolute atomic E-state index is 12.9. The Kier molecular flexibility index (Phi) is 8.73. The quantitative estimate of drug-likeness (QED) is 0.248. The fourth-order valence-corrected chi connectivity index (χ4v) is 5.12. The van der Waals surface area contributed by atoms with Gasteiger partial charge in [0.15, 0.2) is 6.61 Å². The van der Waals surface area contributed by atoms with Gasteiger partial charge in [-0.05, 0) is 37.1 Å². The number of anilines is 2. The van der Waals surface area contributed by atoms with Crippen molar-refractivity contribution in [1.29, 1.82) is 0 Å². The molecule has 0 atom stereocenters. The molecule has 1 saturated heterocycles. The minimum Gasteiger partial charge on any atom is -0.452 e. The van der Waals surface area contributed by atoms with Crippen LogP contribution in [0, 0.1) is 10.1 Å². The number of carbonyl (C=O) groups is 2. The molecule has 35 heavy (non-hydrogen) atoms. The third kappa shape index (κ3) is 6.74. The van der Waals surface area contributed by atoms with Crippen molar-refractivity contribution < 1.29 is 32.8 Å². The van der Waals surface area contributed by atoms with Crippen molar-refractivity contribution in [3.05, 3.63) is 58.1 Å². The second-order valence-electron chi connectivity index (χ2n) is 7.75. The summed E-state index contributed by atoms with van der Waals surface area (Å²) >= 11 is 0. The molecule has 188 valence electrons. The van der Waals surface area contributed by atoms with E-state index >= 15 is 0 Å². The number of non-ortho nitro benzene ring substituents is 1. The van der Waals surface area contributed by atoms with Crippen molar-refractivity contribution in [2.75, 3.05) is 43.5 Å². The van der Waals surface area contributed by atoms with Gasteiger partial charge >= 0.3 is 5.97 Å². The van der Waals surface area contributed by atoms with Crippen LogP contribution in [0.25, 0.3) is 0 Å². The zero-order chi connectivity index (χ0) is 25.4. The summed E-state index contributed by atoms with van der Waals surface area (Å²) in [6, 6.07) is 9.29. The van der Waals surface area contributed by atoms with E-state index in [1.807, 2.05) is 0 Å². The van der Waals surface area contributed by atoms with E-state index in [9.17, 15) is 28.1 Å². The number of nitro groups is 1. The molecular weight excluding hydrogens is 480 g/mol. The Morgan fingerprint density at radius 3 is 2.54 bits per heavy atom. The molecule has 13 heteroatoms. The number of carbonyl (C=O) groups excluding carboxylic acids is 2. The molecule has 3 rings (SSSR count). The predicted octanol–water partition coefficient (Wildman–Crippen LogP) is 1.97. The Morgan fingerprint density at radius 1 is 1.11 bits per heavy atom. The summed E-state index contributed by atoms with van der Waals surface area (Å²) in [4.78, 5) is 35.3. The van der Waals surface area contributed by atoms with Gasteiger partial charge in [-0.2, -0.15) is 4.31 Å². The smallest absolute Gasteiger partial charge is 0.341 e. The Morgan fingerprint density at radius 2 is 1.86 bits per heavy atom. The number of sulfonamides is 1. The molecule has 2 aromatic carbocycles. The number of benzene rings is 2. The summed E-state index contributed by atoms with van der Waals surface area (Å²) in [5.41, 5.74) is -0.104. The first kappa shape index (κ1) is 26.1. The maximum atomic E-state index is 12.9. The highest BCUT2D eigenvalue weighted by molar-refractivity contribution is 7.89. The highest BCUT2D eigenvalue weighted by atomic mass is 32.2. The zero-order valence-electron chi connectivity index (χ0n) is 18.8. The summed E-state index contributed by atoms with van der Waals surface area (Å²) < 4.78 is 32.1. The van der Waals surface area contributed by atoms with Gasteiger partial charge in [-0.25, -0.2) is 13.2 Å². The average molecular weight is 507 g/mol. The lowest BCUT2D eigenvalue weighted by Gasteiger charge is -2.26. The summed E-state index contributed by atoms with van der Waals surface area (Å²) in [6.45, 7) is 0.0447. The molecule has 12 nitrogen and oxygen atoms in total. The summed E-state index contributed by atoms with van der Waals surface area (Å²) in [6.07, 6.45) is 2.57. The first-order valence-electron chi connectivity index (χ1n) is 10.9. The number of nitro benzene ring substituents is 1. The number of piperidine rings is 1. The van der Waals surface area contributed by atoms with E-state index in [1.165, 1.54) is 40.7 Å². The Bertz CT molecular complexity index is 1200. The largest absolute Gasteiger partial charge is 0.452 e. The van der Waals surface area contributed by atoms with Gasteiger partial charge in [-0.15, -0.1) is 0 Å². The fourth-order valence-electron chi connectivity index (χ4n) is 3.55. The van der Waals surface area contributed by atoms with Crippen LogP contribution in [0.15, 0.2) is 47.4 Å². The van der Waals surface area contributed by atoms with Crippen LogP contribution in [0.2, 0.25) is 0 Å². The third-order valence-corrected chi connectivity index (χ3v) is 7.16. The van der Waals surface area contributed by atoms with Crippen LogP contribution in [0.4, 0.5) is 17.1 Å². The molecule has 0 saturated carbocycles. The van der Waals surface area contributed by atoms with Crippen LogP contribution in [-0.2, 0) is 19.6 Å². The van der Waals surface area contributed by atoms with Gasteiger partial charge in [0.05, 0.1) is 22.0 Å². The van der Waals surface area contributed by atoms with E-state index in [-0.39, 0.29) is 40.7 Å². The highest BCUT2D eigenvalue weighted by Gasteiger charge is 2.26. The normalized spacial score (nSPS) is 14.2. The molecule has 0 radical (unpaired) electrons. The predicted molar refractivity (Wildman–Crippen MR) is 127 cm³/mol. The number of aliphatic hydroxyl groups excluding tert-OH is 1. The van der Waals surface area contributed by atoms with Gasteiger partial charge in [0, 0.05) is 43.1 Å². The van der Waals surface area contributed by atoms with Crippen molar-refractivity contribution in [1.82, 2.24) is 4.31 Å². The first-order chi connectivity index (χ1) is 16.7. The summed E-state index contributed by atoms with van der Waals surface area (Å²) in [5, 5.41) is 25.3. The van der Waals surface area contributed by atoms with Crippen LogP contribution in [0.1, 0.15) is 29.6 Å². The molecule has 3 N–H and O–H groups in total. The van der Waals surface area contributed by atoms with E-state index in [0.29, 0.717) is 13.1 Å². The van der Waals surface area contributed by atoms with Crippen LogP contribution in [0.5, 0.6) is 0 Å². The molecule has 0 aliphatic carbocycles. The average Bonchev–Trinajstić information content (AvgIpc) is 2.86. The van der Waals surface area contributed by atoms with E-state index in [2.05, 4.69) is 10.6 Å². The van der Waals surface area contributed by atoms with E-state index in [1.54, 1.807) is 0 Å². The topological polar surface area (TPSA) is 168 Å². The lowest BCUT2D eigenvalue weighted by Crippen LogP contribution is -2.35. The molecule has 1 fully saturated rings. The van der Waals surface area contributed by atoms with Gasteiger partial charge < -0.3 is 20.5 Å². The van der Waals surface area contributed by atoms with Gasteiger partial charge in [0.1, 0.15) is 0 Å². The molecule has 1 heterocycles. The minimum atomic E-state index is -3.69. The van der Waals surface area contributed by atoms with Crippen molar-refractivity contribution in [3.8, 4) is 0 Å². The minimum absolute atomic E-state index is 0.0467. The van der Waals surface area contributed by atoms with Crippen LogP contribution >= 0.6 is 0 Å². The van der Waals surface area contributed by atoms with Crippen molar-refractivity contribution in [3.63, 3.8) is 0 Å². The molecular formula is C22H26N4O8S. The number of aliphatic hydroxyl groups is 1. The molecule has 2 aromatic rings. The molecule has 0 spiro atoms. The Hall–Kier alpha value is -3.55. The SMILES string of the molecule is O=C(COC(=O)c1cc([N+](=O)[O-])ccc1NCCO)Nc1cccc(S(=O)(=O)N2CCCCC2)c1. The van der Waals surface area contributed by atoms with Gasteiger partial charge in [-0.1, -0.05) is 12.5 Å². The number of rotatable bonds is 10. The second-order valence-corrected chi connectivity index (χ2v) is 9.69. The summed E-state index contributed by atoms with van der Waals surface area (Å²) in [5.74, 6) is -1.70. The molecule has 0 bridgehead atoms. The number of amides is 1. The monoisotopic (exact) mass is 506 g/mol. The van der Waals surface area contributed by atoms with E-state index in [4.69, 9.17) is 9.84 Å². The van der Waals surface area contributed by atoms with E-state index < -0.39 is 33.4 Å². The number of esters is 1. The van der Waals surface area contributed by atoms with Crippen molar-refractivity contribution in [2.45, 2.75) is 24.2 Å². The van der Waals surface area contributed by atoms with Crippen molar-refractivity contribution >= 4 is 39.0 Å². The zero-order valence-corrected chi connectivity index (χ0v) is 19.6. The first-order valence-corrected chi connectivity index (χ1v) is 12.4. The van der Waals surface area contributed by atoms with E-state index in [0.717, 1.165) is 25.3 Å².